The molecular formula is C19H18N6O4. The number of hydrogen-bond acceptors (Lipinski definition) is 8. The van der Waals surface area contributed by atoms with Gasteiger partial charge in [-0.3, -0.25) is 14.9 Å². The van der Waals surface area contributed by atoms with Crippen molar-refractivity contribution in [3.8, 4) is 0 Å². The fourth-order valence-electron chi connectivity index (χ4n) is 2.66. The van der Waals surface area contributed by atoms with E-state index >= 15 is 0 Å². The summed E-state index contributed by atoms with van der Waals surface area (Å²) >= 11 is 0. The summed E-state index contributed by atoms with van der Waals surface area (Å²) in [4.78, 5) is 31.0. The first-order chi connectivity index (χ1) is 14.1. The van der Waals surface area contributed by atoms with Crippen LogP contribution in [0.15, 0.2) is 53.3 Å². The van der Waals surface area contributed by atoms with E-state index in [1.807, 2.05) is 18.2 Å². The van der Waals surface area contributed by atoms with E-state index in [9.17, 15) is 14.9 Å². The maximum absolute atomic E-state index is 12.1. The number of nitrogens with zero attached hydrogens (tertiary/aromatic N) is 3. The summed E-state index contributed by atoms with van der Waals surface area (Å²) in [5, 5.41) is 20.0. The third-order valence-corrected chi connectivity index (χ3v) is 4.26. The molecule has 148 valence electrons. The molecule has 10 heteroatoms. The van der Waals surface area contributed by atoms with E-state index in [1.54, 1.807) is 18.2 Å². The predicted molar refractivity (Wildman–Crippen MR) is 106 cm³/mol. The van der Waals surface area contributed by atoms with Gasteiger partial charge in [0, 0.05) is 18.3 Å². The molecule has 10 nitrogen and oxygen atoms in total. The van der Waals surface area contributed by atoms with E-state index in [0.717, 1.165) is 18.4 Å². The van der Waals surface area contributed by atoms with Gasteiger partial charge in [0.05, 0.1) is 11.2 Å². The number of amides is 1. The summed E-state index contributed by atoms with van der Waals surface area (Å²) in [5.74, 6) is 0.385. The zero-order valence-electron chi connectivity index (χ0n) is 15.3. The Balaban J connectivity index is 1.42. The Morgan fingerprint density at radius 3 is 2.86 bits per heavy atom. The van der Waals surface area contributed by atoms with Gasteiger partial charge in [-0.15, -0.1) is 0 Å². The van der Waals surface area contributed by atoms with E-state index in [0.29, 0.717) is 12.2 Å². The number of benzene rings is 1. The van der Waals surface area contributed by atoms with Crippen molar-refractivity contribution in [2.75, 3.05) is 16.0 Å². The summed E-state index contributed by atoms with van der Waals surface area (Å²) in [5.41, 5.74) is 1.34. The molecule has 0 spiro atoms. The molecule has 3 aromatic rings. The van der Waals surface area contributed by atoms with E-state index in [-0.39, 0.29) is 35.2 Å². The summed E-state index contributed by atoms with van der Waals surface area (Å²) in [6, 6.07) is 10.7. The van der Waals surface area contributed by atoms with Gasteiger partial charge in [0.15, 0.2) is 5.76 Å². The van der Waals surface area contributed by atoms with E-state index in [4.69, 9.17) is 4.42 Å². The standard InChI is InChI=1S/C19H18N6O4/c26-18(16-5-2-8-29-16)23-14-4-1-3-12(9-14)10-20-19-21-11-15(25(27)28)17(24-19)22-13-6-7-13/h1-5,8-9,11,13H,6-7,10H2,(H,23,26)(H2,20,21,22,24). The molecule has 0 radical (unpaired) electrons. The van der Waals surface area contributed by atoms with Gasteiger partial charge in [-0.25, -0.2) is 4.98 Å². The minimum atomic E-state index is -0.500. The first-order valence-electron chi connectivity index (χ1n) is 9.04. The number of carbonyl (C=O) groups is 1. The van der Waals surface area contributed by atoms with E-state index in [1.165, 1.54) is 12.5 Å². The molecule has 1 aliphatic carbocycles. The molecule has 1 aliphatic rings. The normalized spacial score (nSPS) is 13.0. The molecule has 0 saturated heterocycles. The van der Waals surface area contributed by atoms with Crippen LogP contribution in [0.3, 0.4) is 0 Å². The molecule has 2 aromatic heterocycles. The molecule has 1 aromatic carbocycles. The Bertz CT molecular complexity index is 1030. The lowest BCUT2D eigenvalue weighted by molar-refractivity contribution is -0.384. The fraction of sp³-hybridized carbons (Fsp3) is 0.211. The average Bonchev–Trinajstić information content (AvgIpc) is 3.34. The molecule has 4 rings (SSSR count). The van der Waals surface area contributed by atoms with Gasteiger partial charge in [-0.2, -0.15) is 4.98 Å². The zero-order valence-corrected chi connectivity index (χ0v) is 15.3. The van der Waals surface area contributed by atoms with E-state index < -0.39 is 4.92 Å². The summed E-state index contributed by atoms with van der Waals surface area (Å²) in [6.45, 7) is 0.380. The van der Waals surface area contributed by atoms with Gasteiger partial charge >= 0.3 is 5.69 Å². The Labute approximate surface area is 165 Å². The molecule has 0 atom stereocenters. The minimum Gasteiger partial charge on any atom is -0.459 e. The molecule has 1 amide bonds. The van der Waals surface area contributed by atoms with Crippen molar-refractivity contribution >= 4 is 29.0 Å². The van der Waals surface area contributed by atoms with Crippen molar-refractivity contribution in [1.82, 2.24) is 9.97 Å². The van der Waals surface area contributed by atoms with Crippen molar-refractivity contribution < 1.29 is 14.1 Å². The van der Waals surface area contributed by atoms with Crippen LogP contribution in [0.4, 0.5) is 23.1 Å². The largest absolute Gasteiger partial charge is 0.459 e. The second kappa shape index (κ2) is 7.97. The van der Waals surface area contributed by atoms with Crippen molar-refractivity contribution in [2.45, 2.75) is 25.4 Å². The quantitative estimate of drug-likeness (QED) is 0.391. The second-order valence-electron chi connectivity index (χ2n) is 6.59. The Hall–Kier alpha value is -3.95. The van der Waals surface area contributed by atoms with Crippen LogP contribution in [-0.2, 0) is 6.54 Å². The van der Waals surface area contributed by atoms with Gasteiger partial charge < -0.3 is 20.4 Å². The maximum atomic E-state index is 12.1. The molecule has 0 aliphatic heterocycles. The molecule has 2 heterocycles. The molecule has 1 fully saturated rings. The molecule has 0 unspecified atom stereocenters. The number of aromatic nitrogens is 2. The highest BCUT2D eigenvalue weighted by molar-refractivity contribution is 6.02. The molecular weight excluding hydrogens is 376 g/mol. The molecule has 3 N–H and O–H groups in total. The lowest BCUT2D eigenvalue weighted by Gasteiger charge is -2.09. The first-order valence-corrected chi connectivity index (χ1v) is 9.04. The monoisotopic (exact) mass is 394 g/mol. The van der Waals surface area contributed by atoms with Crippen molar-refractivity contribution in [2.24, 2.45) is 0 Å². The predicted octanol–water partition coefficient (Wildman–Crippen LogP) is 3.42. The third kappa shape index (κ3) is 4.67. The van der Waals surface area contributed by atoms with Crippen LogP contribution in [0.2, 0.25) is 0 Å². The fourth-order valence-corrected chi connectivity index (χ4v) is 2.66. The van der Waals surface area contributed by atoms with Crippen LogP contribution in [-0.4, -0.2) is 26.8 Å². The van der Waals surface area contributed by atoms with Crippen LogP contribution in [0.1, 0.15) is 29.0 Å². The van der Waals surface area contributed by atoms with Crippen LogP contribution < -0.4 is 16.0 Å². The summed E-state index contributed by atoms with van der Waals surface area (Å²) in [6.07, 6.45) is 4.58. The van der Waals surface area contributed by atoms with Crippen LogP contribution in [0.25, 0.3) is 0 Å². The van der Waals surface area contributed by atoms with Crippen molar-refractivity contribution in [3.63, 3.8) is 0 Å². The number of carbonyl (C=O) groups excluding carboxylic acids is 1. The summed E-state index contributed by atoms with van der Waals surface area (Å²) in [7, 11) is 0. The Kier molecular flexibility index (Phi) is 5.06. The third-order valence-electron chi connectivity index (χ3n) is 4.26. The highest BCUT2D eigenvalue weighted by Gasteiger charge is 2.26. The zero-order chi connectivity index (χ0) is 20.2. The summed E-state index contributed by atoms with van der Waals surface area (Å²) < 4.78 is 5.08. The number of hydrogen-bond donors (Lipinski definition) is 3. The molecule has 29 heavy (non-hydrogen) atoms. The number of nitrogens with one attached hydrogen (secondary N) is 3. The number of rotatable bonds is 8. The van der Waals surface area contributed by atoms with Crippen LogP contribution >= 0.6 is 0 Å². The van der Waals surface area contributed by atoms with Gasteiger partial charge in [0.2, 0.25) is 11.8 Å². The number of anilines is 3. The van der Waals surface area contributed by atoms with Crippen LogP contribution in [0, 0.1) is 10.1 Å². The van der Waals surface area contributed by atoms with Gasteiger partial charge in [-0.1, -0.05) is 12.1 Å². The minimum absolute atomic E-state index is 0.148. The van der Waals surface area contributed by atoms with Crippen molar-refractivity contribution in [3.05, 3.63) is 70.3 Å². The lowest BCUT2D eigenvalue weighted by atomic mass is 10.2. The number of nitro groups is 1. The SMILES string of the molecule is O=C(Nc1cccc(CNc2ncc([N+](=O)[O-])c(NC3CC3)n2)c1)c1ccco1. The first kappa shape index (κ1) is 18.4. The smallest absolute Gasteiger partial charge is 0.329 e. The van der Waals surface area contributed by atoms with Gasteiger partial charge in [0.1, 0.15) is 6.20 Å². The molecule has 0 bridgehead atoms. The second-order valence-corrected chi connectivity index (χ2v) is 6.59. The Morgan fingerprint density at radius 2 is 2.14 bits per heavy atom. The Morgan fingerprint density at radius 1 is 1.28 bits per heavy atom. The van der Waals surface area contributed by atoms with Gasteiger partial charge in [-0.05, 0) is 42.7 Å². The van der Waals surface area contributed by atoms with E-state index in [2.05, 4.69) is 25.9 Å². The average molecular weight is 394 g/mol. The van der Waals surface area contributed by atoms with Crippen molar-refractivity contribution in [1.29, 1.82) is 0 Å². The maximum Gasteiger partial charge on any atom is 0.329 e. The van der Waals surface area contributed by atoms with Gasteiger partial charge in [0.25, 0.3) is 5.91 Å². The highest BCUT2D eigenvalue weighted by atomic mass is 16.6. The van der Waals surface area contributed by atoms with Crippen LogP contribution in [0.5, 0.6) is 0 Å². The molecule has 1 saturated carbocycles. The topological polar surface area (TPSA) is 135 Å². The highest BCUT2D eigenvalue weighted by Crippen LogP contribution is 2.29. The number of furan rings is 1. The lowest BCUT2D eigenvalue weighted by Crippen LogP contribution is -2.12.